The second-order valence-corrected chi connectivity index (χ2v) is 3.98. The summed E-state index contributed by atoms with van der Waals surface area (Å²) in [5.41, 5.74) is 1.28. The van der Waals surface area contributed by atoms with Crippen molar-refractivity contribution in [1.82, 2.24) is 9.97 Å². The van der Waals surface area contributed by atoms with Crippen LogP contribution in [0.4, 0.5) is 5.82 Å². The van der Waals surface area contributed by atoms with Gasteiger partial charge in [0.15, 0.2) is 0 Å². The molecule has 0 saturated heterocycles. The number of aromatic amines is 1. The smallest absolute Gasteiger partial charge is 0.354 e. The lowest BCUT2D eigenvalue weighted by atomic mass is 10.4. The molecule has 0 bridgehead atoms. The number of carbonyl (C=O) groups excluding carboxylic acids is 1. The summed E-state index contributed by atoms with van der Waals surface area (Å²) in [4.78, 5) is 18.3. The van der Waals surface area contributed by atoms with Crippen LogP contribution in [0.3, 0.4) is 0 Å². The molecule has 2 heterocycles. The van der Waals surface area contributed by atoms with Gasteiger partial charge < -0.3 is 15.0 Å². The number of methoxy groups -OCH3 is 1. The van der Waals surface area contributed by atoms with E-state index in [1.54, 1.807) is 12.1 Å². The lowest BCUT2D eigenvalue weighted by molar-refractivity contribution is 0.0594. The Kier molecular flexibility index (Phi) is 3.84. The van der Waals surface area contributed by atoms with Crippen LogP contribution in [0, 0.1) is 0 Å². The van der Waals surface area contributed by atoms with Gasteiger partial charge in [-0.2, -0.15) is 0 Å². The molecule has 0 amide bonds. The highest BCUT2D eigenvalue weighted by atomic mass is 35.5. The third-order valence-electron chi connectivity index (χ3n) is 2.33. The van der Waals surface area contributed by atoms with Crippen LogP contribution in [-0.2, 0) is 11.3 Å². The summed E-state index contributed by atoms with van der Waals surface area (Å²) in [6.07, 6.45) is 0. The van der Waals surface area contributed by atoms with Crippen LogP contribution in [0.25, 0.3) is 0 Å². The minimum Gasteiger partial charge on any atom is -0.464 e. The first-order chi connectivity index (χ1) is 8.69. The fourth-order valence-corrected chi connectivity index (χ4v) is 1.63. The SMILES string of the molecule is COC(=O)c1ccc(CNc2cccc(Cl)n2)[nH]1. The molecule has 0 unspecified atom stereocenters. The molecule has 5 nitrogen and oxygen atoms in total. The number of hydrogen-bond acceptors (Lipinski definition) is 4. The Bertz CT molecular complexity index is 554. The molecule has 2 N–H and O–H groups in total. The number of halogens is 1. The zero-order valence-electron chi connectivity index (χ0n) is 9.74. The van der Waals surface area contributed by atoms with Crippen molar-refractivity contribution in [3.63, 3.8) is 0 Å². The number of pyridine rings is 1. The van der Waals surface area contributed by atoms with Crippen LogP contribution >= 0.6 is 11.6 Å². The zero-order chi connectivity index (χ0) is 13.0. The number of ether oxygens (including phenoxy) is 1. The normalized spacial score (nSPS) is 10.1. The number of carbonyl (C=O) groups is 1. The molecule has 0 aliphatic heterocycles. The predicted octanol–water partition coefficient (Wildman–Crippen LogP) is 2.46. The molecular weight excluding hydrogens is 254 g/mol. The van der Waals surface area contributed by atoms with Crippen LogP contribution in [0.1, 0.15) is 16.2 Å². The second-order valence-electron chi connectivity index (χ2n) is 3.59. The summed E-state index contributed by atoms with van der Waals surface area (Å²) in [5.74, 6) is 0.291. The van der Waals surface area contributed by atoms with Gasteiger partial charge in [0.1, 0.15) is 16.7 Å². The number of nitrogens with zero attached hydrogens (tertiary/aromatic N) is 1. The molecule has 0 spiro atoms. The highest BCUT2D eigenvalue weighted by Crippen LogP contribution is 2.11. The number of hydrogen-bond donors (Lipinski definition) is 2. The largest absolute Gasteiger partial charge is 0.464 e. The molecular formula is C12H12ClN3O2. The molecule has 0 fully saturated rings. The second kappa shape index (κ2) is 5.55. The Labute approximate surface area is 109 Å². The van der Waals surface area contributed by atoms with E-state index >= 15 is 0 Å². The maximum Gasteiger partial charge on any atom is 0.354 e. The van der Waals surface area contributed by atoms with Crippen molar-refractivity contribution >= 4 is 23.4 Å². The Morgan fingerprint density at radius 1 is 1.44 bits per heavy atom. The van der Waals surface area contributed by atoms with E-state index in [1.165, 1.54) is 7.11 Å². The fraction of sp³-hybridized carbons (Fsp3) is 0.167. The van der Waals surface area contributed by atoms with E-state index in [2.05, 4.69) is 20.0 Å². The van der Waals surface area contributed by atoms with Gasteiger partial charge in [-0.3, -0.25) is 0 Å². The molecule has 0 aliphatic carbocycles. The highest BCUT2D eigenvalue weighted by molar-refractivity contribution is 6.29. The van der Waals surface area contributed by atoms with Gasteiger partial charge >= 0.3 is 5.97 Å². The molecule has 0 atom stereocenters. The van der Waals surface area contributed by atoms with E-state index in [0.29, 0.717) is 23.2 Å². The van der Waals surface area contributed by atoms with Gasteiger partial charge in [0, 0.05) is 5.69 Å². The Hall–Kier alpha value is -2.01. The van der Waals surface area contributed by atoms with Crippen LogP contribution in [0.15, 0.2) is 30.3 Å². The van der Waals surface area contributed by atoms with Crippen molar-refractivity contribution < 1.29 is 9.53 Å². The number of esters is 1. The molecule has 6 heteroatoms. The zero-order valence-corrected chi connectivity index (χ0v) is 10.5. The van der Waals surface area contributed by atoms with Gasteiger partial charge in [0.25, 0.3) is 0 Å². The van der Waals surface area contributed by atoms with Gasteiger partial charge in [-0.05, 0) is 24.3 Å². The first-order valence-electron chi connectivity index (χ1n) is 5.31. The molecule has 0 saturated carbocycles. The minimum absolute atomic E-state index is 0.387. The standard InChI is InChI=1S/C12H12ClN3O2/c1-18-12(17)9-6-5-8(15-9)7-14-11-4-2-3-10(13)16-11/h2-6,15H,7H2,1H3,(H,14,16). The number of aromatic nitrogens is 2. The molecule has 2 aromatic rings. The summed E-state index contributed by atoms with van der Waals surface area (Å²) in [6, 6.07) is 8.82. The molecule has 18 heavy (non-hydrogen) atoms. The quantitative estimate of drug-likeness (QED) is 0.658. The number of rotatable bonds is 4. The lowest BCUT2D eigenvalue weighted by Gasteiger charge is -2.04. The monoisotopic (exact) mass is 265 g/mol. The summed E-state index contributed by atoms with van der Waals surface area (Å²) in [6.45, 7) is 0.518. The molecule has 0 aromatic carbocycles. The van der Waals surface area contributed by atoms with E-state index in [1.807, 2.05) is 18.2 Å². The van der Waals surface area contributed by atoms with Gasteiger partial charge in [-0.25, -0.2) is 9.78 Å². The van der Waals surface area contributed by atoms with E-state index in [-0.39, 0.29) is 5.97 Å². The predicted molar refractivity (Wildman–Crippen MR) is 68.7 cm³/mol. The van der Waals surface area contributed by atoms with Gasteiger partial charge in [0.05, 0.1) is 13.7 Å². The Morgan fingerprint density at radius 2 is 2.28 bits per heavy atom. The molecule has 2 aromatic heterocycles. The van der Waals surface area contributed by atoms with Crippen molar-refractivity contribution in [2.45, 2.75) is 6.54 Å². The number of nitrogens with one attached hydrogen (secondary N) is 2. The van der Waals surface area contributed by atoms with Gasteiger partial charge in [-0.1, -0.05) is 17.7 Å². The Balaban J connectivity index is 1.98. The summed E-state index contributed by atoms with van der Waals surface area (Å²) in [5, 5.41) is 3.53. The minimum atomic E-state index is -0.387. The van der Waals surface area contributed by atoms with E-state index in [9.17, 15) is 4.79 Å². The molecule has 0 aliphatic rings. The van der Waals surface area contributed by atoms with Crippen LogP contribution < -0.4 is 5.32 Å². The van der Waals surface area contributed by atoms with Crippen LogP contribution in [0.2, 0.25) is 5.15 Å². The van der Waals surface area contributed by atoms with Crippen molar-refractivity contribution in [3.05, 3.63) is 46.9 Å². The van der Waals surface area contributed by atoms with E-state index in [0.717, 1.165) is 5.69 Å². The maximum absolute atomic E-state index is 11.2. The topological polar surface area (TPSA) is 67.0 Å². The fourth-order valence-electron chi connectivity index (χ4n) is 1.46. The summed E-state index contributed by atoms with van der Waals surface area (Å²) < 4.78 is 4.61. The highest BCUT2D eigenvalue weighted by Gasteiger charge is 2.07. The summed E-state index contributed by atoms with van der Waals surface area (Å²) >= 11 is 5.77. The number of anilines is 1. The molecule has 2 rings (SSSR count). The van der Waals surface area contributed by atoms with Gasteiger partial charge in [0.2, 0.25) is 0 Å². The van der Waals surface area contributed by atoms with Gasteiger partial charge in [-0.15, -0.1) is 0 Å². The van der Waals surface area contributed by atoms with Crippen molar-refractivity contribution in [3.8, 4) is 0 Å². The maximum atomic E-state index is 11.2. The first kappa shape index (κ1) is 12.4. The average Bonchev–Trinajstić information content (AvgIpc) is 2.84. The third-order valence-corrected chi connectivity index (χ3v) is 2.54. The number of H-pyrrole nitrogens is 1. The van der Waals surface area contributed by atoms with Crippen molar-refractivity contribution in [2.24, 2.45) is 0 Å². The van der Waals surface area contributed by atoms with Crippen LogP contribution in [0.5, 0.6) is 0 Å². The Morgan fingerprint density at radius 3 is 3.00 bits per heavy atom. The third kappa shape index (κ3) is 3.01. The van der Waals surface area contributed by atoms with Crippen LogP contribution in [-0.4, -0.2) is 23.0 Å². The van der Waals surface area contributed by atoms with Crippen molar-refractivity contribution in [2.75, 3.05) is 12.4 Å². The summed E-state index contributed by atoms with van der Waals surface area (Å²) in [7, 11) is 1.34. The molecule has 94 valence electrons. The molecule has 0 radical (unpaired) electrons. The van der Waals surface area contributed by atoms with Crippen molar-refractivity contribution in [1.29, 1.82) is 0 Å². The van der Waals surface area contributed by atoms with E-state index in [4.69, 9.17) is 11.6 Å². The first-order valence-corrected chi connectivity index (χ1v) is 5.69. The van der Waals surface area contributed by atoms with E-state index < -0.39 is 0 Å². The lowest BCUT2D eigenvalue weighted by Crippen LogP contribution is -2.04. The average molecular weight is 266 g/mol.